The Morgan fingerprint density at radius 1 is 1.31 bits per heavy atom. The monoisotopic (exact) mass is 369 g/mol. The summed E-state index contributed by atoms with van der Waals surface area (Å²) in [6.45, 7) is 0.794. The molecule has 0 saturated heterocycles. The number of imidazole rings is 1. The summed E-state index contributed by atoms with van der Waals surface area (Å²) < 4.78 is 3.72. The van der Waals surface area contributed by atoms with Gasteiger partial charge >= 0.3 is 5.82 Å². The molecule has 4 rings (SSSR count). The zero-order chi connectivity index (χ0) is 18.3. The van der Waals surface area contributed by atoms with Crippen molar-refractivity contribution in [3.8, 4) is 6.07 Å². The Bertz CT molecular complexity index is 1060. The van der Waals surface area contributed by atoms with Crippen LogP contribution in [0.4, 0.5) is 5.82 Å². The molecule has 0 aliphatic carbocycles. The molecule has 0 atom stereocenters. The maximum absolute atomic E-state index is 11.3. The smallest absolute Gasteiger partial charge is 0.358 e. The molecular formula is C16H15N7O2S. The summed E-state index contributed by atoms with van der Waals surface area (Å²) in [5.74, 6) is -0.201. The first kappa shape index (κ1) is 16.5. The molecule has 132 valence electrons. The van der Waals surface area contributed by atoms with E-state index in [0.29, 0.717) is 21.1 Å². The second kappa shape index (κ2) is 6.42. The van der Waals surface area contributed by atoms with E-state index in [2.05, 4.69) is 25.6 Å². The summed E-state index contributed by atoms with van der Waals surface area (Å²) in [5.41, 5.74) is 2.97. The molecule has 10 heteroatoms. The summed E-state index contributed by atoms with van der Waals surface area (Å²) in [7, 11) is 1.71. The van der Waals surface area contributed by atoms with Gasteiger partial charge in [-0.25, -0.2) is 9.97 Å². The Hall–Kier alpha value is -2.93. The molecule has 0 fully saturated rings. The van der Waals surface area contributed by atoms with Crippen LogP contribution >= 0.6 is 11.8 Å². The topological polar surface area (TPSA) is 115 Å². The molecule has 1 aliphatic heterocycles. The van der Waals surface area contributed by atoms with Gasteiger partial charge in [0.25, 0.3) is 0 Å². The van der Waals surface area contributed by atoms with Crippen LogP contribution < -0.4 is 0 Å². The molecule has 0 radical (unpaired) electrons. The van der Waals surface area contributed by atoms with Gasteiger partial charge in [0.1, 0.15) is 28.5 Å². The lowest BCUT2D eigenvalue weighted by molar-refractivity contribution is -0.392. The fraction of sp³-hybridized carbons (Fsp3) is 0.375. The quantitative estimate of drug-likeness (QED) is 0.396. The molecule has 3 aromatic rings. The third-order valence-electron chi connectivity index (χ3n) is 4.55. The molecule has 0 aromatic carbocycles. The van der Waals surface area contributed by atoms with Crippen LogP contribution in [0.3, 0.4) is 0 Å². The Balaban J connectivity index is 1.92. The second-order valence-electron chi connectivity index (χ2n) is 6.12. The van der Waals surface area contributed by atoms with Crippen molar-refractivity contribution in [2.75, 3.05) is 0 Å². The molecule has 0 bridgehead atoms. The number of nitro groups is 1. The summed E-state index contributed by atoms with van der Waals surface area (Å²) in [6.07, 6.45) is 6.82. The lowest BCUT2D eigenvalue weighted by atomic mass is 10.1. The van der Waals surface area contributed by atoms with E-state index < -0.39 is 4.92 Å². The first-order chi connectivity index (χ1) is 12.6. The van der Waals surface area contributed by atoms with E-state index in [1.165, 1.54) is 24.4 Å². The largest absolute Gasteiger partial charge is 0.396 e. The zero-order valence-electron chi connectivity index (χ0n) is 14.0. The number of aryl methyl sites for hydroxylation is 2. The van der Waals surface area contributed by atoms with Crippen LogP contribution in [0.25, 0.3) is 11.0 Å². The molecule has 0 spiro atoms. The molecule has 9 nitrogen and oxygen atoms in total. The van der Waals surface area contributed by atoms with Gasteiger partial charge in [-0.1, -0.05) is 6.42 Å². The van der Waals surface area contributed by atoms with E-state index in [0.717, 1.165) is 43.4 Å². The molecule has 0 saturated carbocycles. The number of hydrogen-bond donors (Lipinski definition) is 0. The van der Waals surface area contributed by atoms with Gasteiger partial charge in [0.2, 0.25) is 6.33 Å². The number of rotatable bonds is 3. The SMILES string of the molecule is Cn1cnc([N+](=O)[O-])c1Sc1ncnc2c(C#N)c3n(c12)CCCCC3. The number of hydrogen-bond acceptors (Lipinski definition) is 7. The highest BCUT2D eigenvalue weighted by Crippen LogP contribution is 2.38. The lowest BCUT2D eigenvalue weighted by Gasteiger charge is -2.09. The lowest BCUT2D eigenvalue weighted by Crippen LogP contribution is -2.02. The molecule has 1 aliphatic rings. The molecule has 0 amide bonds. The average Bonchev–Trinajstić information content (AvgIpc) is 3.02. The molecular weight excluding hydrogens is 354 g/mol. The van der Waals surface area contributed by atoms with Crippen molar-refractivity contribution in [1.29, 1.82) is 5.26 Å². The van der Waals surface area contributed by atoms with Crippen LogP contribution in [-0.2, 0) is 20.0 Å². The summed E-state index contributed by atoms with van der Waals surface area (Å²) >= 11 is 1.19. The van der Waals surface area contributed by atoms with Crippen molar-refractivity contribution in [2.24, 2.45) is 7.05 Å². The van der Waals surface area contributed by atoms with Crippen LogP contribution in [0.1, 0.15) is 30.5 Å². The zero-order valence-corrected chi connectivity index (χ0v) is 14.9. The van der Waals surface area contributed by atoms with E-state index in [9.17, 15) is 15.4 Å². The molecule has 3 aromatic heterocycles. The molecule has 0 unspecified atom stereocenters. The van der Waals surface area contributed by atoms with E-state index in [1.54, 1.807) is 11.6 Å². The average molecular weight is 369 g/mol. The van der Waals surface area contributed by atoms with Crippen molar-refractivity contribution in [1.82, 2.24) is 24.1 Å². The minimum Gasteiger partial charge on any atom is -0.358 e. The minimum atomic E-state index is -0.500. The first-order valence-corrected chi connectivity index (χ1v) is 9.03. The Morgan fingerprint density at radius 2 is 2.15 bits per heavy atom. The Kier molecular flexibility index (Phi) is 4.08. The van der Waals surface area contributed by atoms with Crippen LogP contribution in [0.5, 0.6) is 0 Å². The molecule has 0 N–H and O–H groups in total. The summed E-state index contributed by atoms with van der Waals surface area (Å²) in [5, 5.41) is 21.9. The van der Waals surface area contributed by atoms with E-state index in [1.807, 2.05) is 0 Å². The van der Waals surface area contributed by atoms with E-state index in [4.69, 9.17) is 0 Å². The third-order valence-corrected chi connectivity index (χ3v) is 5.70. The van der Waals surface area contributed by atoms with Gasteiger partial charge in [0.15, 0.2) is 5.03 Å². The van der Waals surface area contributed by atoms with Gasteiger partial charge in [0, 0.05) is 19.3 Å². The van der Waals surface area contributed by atoms with Crippen LogP contribution in [0.15, 0.2) is 22.7 Å². The van der Waals surface area contributed by atoms with Gasteiger partial charge in [-0.15, -0.1) is 0 Å². The standard InChI is InChI=1S/C16H15N7O2S/c1-21-9-20-14(23(24)25)16(21)26-15-13-12(18-8-19-15)10(7-17)11-5-3-2-4-6-22(11)13/h8-9H,2-6H2,1H3. The maximum atomic E-state index is 11.3. The van der Waals surface area contributed by atoms with Crippen LogP contribution in [0.2, 0.25) is 0 Å². The van der Waals surface area contributed by atoms with Crippen molar-refractivity contribution in [2.45, 2.75) is 42.3 Å². The molecule has 26 heavy (non-hydrogen) atoms. The van der Waals surface area contributed by atoms with Crippen molar-refractivity contribution in [3.05, 3.63) is 34.0 Å². The van der Waals surface area contributed by atoms with Gasteiger partial charge in [-0.2, -0.15) is 5.26 Å². The predicted octanol–water partition coefficient (Wildman–Crippen LogP) is 2.82. The minimum absolute atomic E-state index is 0.201. The number of nitriles is 1. The number of fused-ring (bicyclic) bond motifs is 3. The fourth-order valence-corrected chi connectivity index (χ4v) is 4.37. The normalized spacial score (nSPS) is 14.0. The van der Waals surface area contributed by atoms with Crippen LogP contribution in [0, 0.1) is 21.4 Å². The van der Waals surface area contributed by atoms with Gasteiger partial charge in [0.05, 0.1) is 5.56 Å². The summed E-state index contributed by atoms with van der Waals surface area (Å²) in [6, 6.07) is 2.29. The van der Waals surface area contributed by atoms with Gasteiger partial charge < -0.3 is 19.2 Å². The third kappa shape index (κ3) is 2.52. The highest BCUT2D eigenvalue weighted by molar-refractivity contribution is 7.99. The second-order valence-corrected chi connectivity index (χ2v) is 7.09. The van der Waals surface area contributed by atoms with Crippen molar-refractivity contribution in [3.63, 3.8) is 0 Å². The summed E-state index contributed by atoms with van der Waals surface area (Å²) in [4.78, 5) is 23.3. The number of aromatic nitrogens is 5. The highest BCUT2D eigenvalue weighted by atomic mass is 32.2. The Morgan fingerprint density at radius 3 is 2.92 bits per heavy atom. The van der Waals surface area contributed by atoms with Crippen molar-refractivity contribution < 1.29 is 4.92 Å². The van der Waals surface area contributed by atoms with Gasteiger partial charge in [-0.3, -0.25) is 0 Å². The van der Waals surface area contributed by atoms with E-state index >= 15 is 0 Å². The predicted molar refractivity (Wildman–Crippen MR) is 93.8 cm³/mol. The van der Waals surface area contributed by atoms with Crippen molar-refractivity contribution >= 4 is 28.6 Å². The molecule has 4 heterocycles. The van der Waals surface area contributed by atoms with Gasteiger partial charge in [-0.05, 0) is 40.9 Å². The maximum Gasteiger partial charge on any atom is 0.396 e. The first-order valence-electron chi connectivity index (χ1n) is 8.21. The number of nitrogens with zero attached hydrogens (tertiary/aromatic N) is 7. The Labute approximate surface area is 152 Å². The van der Waals surface area contributed by atoms with E-state index in [-0.39, 0.29) is 5.82 Å². The highest BCUT2D eigenvalue weighted by Gasteiger charge is 2.26. The fourth-order valence-electron chi connectivity index (χ4n) is 3.37. The van der Waals surface area contributed by atoms with Crippen LogP contribution in [-0.4, -0.2) is 29.0 Å².